The van der Waals surface area contributed by atoms with E-state index in [4.69, 9.17) is 19.9 Å². The number of nitrogen functional groups attached to an aromatic ring is 1. The number of rotatable bonds is 7. The standard InChI is InChI=1S/C18H19N5O3/c1-24-17-13(11-20-18(21-17)25-2)14-10-15(16(19)23-22-14)26-9-8-12-6-4-3-5-7-12/h3-7,10-11H,8-9H2,1-2H3,(H2,19,23). The van der Waals surface area contributed by atoms with E-state index in [-0.39, 0.29) is 11.8 Å². The normalized spacial score (nSPS) is 10.4. The molecule has 1 aromatic carbocycles. The van der Waals surface area contributed by atoms with Crippen molar-refractivity contribution in [2.24, 2.45) is 0 Å². The van der Waals surface area contributed by atoms with Crippen LogP contribution in [0.5, 0.6) is 17.6 Å². The lowest BCUT2D eigenvalue weighted by molar-refractivity contribution is 0.322. The van der Waals surface area contributed by atoms with E-state index in [0.717, 1.165) is 6.42 Å². The van der Waals surface area contributed by atoms with Crippen LogP contribution in [0.4, 0.5) is 5.82 Å². The highest BCUT2D eigenvalue weighted by molar-refractivity contribution is 5.67. The molecule has 0 bridgehead atoms. The van der Waals surface area contributed by atoms with E-state index in [2.05, 4.69) is 20.2 Å². The van der Waals surface area contributed by atoms with Crippen molar-refractivity contribution < 1.29 is 14.2 Å². The summed E-state index contributed by atoms with van der Waals surface area (Å²) in [6.07, 6.45) is 2.31. The van der Waals surface area contributed by atoms with Gasteiger partial charge in [-0.25, -0.2) is 4.98 Å². The highest BCUT2D eigenvalue weighted by Crippen LogP contribution is 2.30. The van der Waals surface area contributed by atoms with Crippen LogP contribution in [0, 0.1) is 0 Å². The van der Waals surface area contributed by atoms with E-state index < -0.39 is 0 Å². The Morgan fingerprint density at radius 3 is 2.58 bits per heavy atom. The van der Waals surface area contributed by atoms with Crippen LogP contribution in [-0.2, 0) is 6.42 Å². The van der Waals surface area contributed by atoms with Crippen LogP contribution >= 0.6 is 0 Å². The molecule has 0 saturated carbocycles. The van der Waals surface area contributed by atoms with Crippen LogP contribution in [0.3, 0.4) is 0 Å². The maximum Gasteiger partial charge on any atom is 0.319 e. The fraction of sp³-hybridized carbons (Fsp3) is 0.222. The predicted molar refractivity (Wildman–Crippen MR) is 96.2 cm³/mol. The first-order valence-electron chi connectivity index (χ1n) is 7.96. The molecule has 8 heteroatoms. The van der Waals surface area contributed by atoms with Gasteiger partial charge < -0.3 is 19.9 Å². The summed E-state index contributed by atoms with van der Waals surface area (Å²) in [7, 11) is 2.99. The molecule has 0 spiro atoms. The largest absolute Gasteiger partial charge is 0.489 e. The minimum atomic E-state index is 0.202. The first kappa shape index (κ1) is 17.4. The Morgan fingerprint density at radius 1 is 1.04 bits per heavy atom. The quantitative estimate of drug-likeness (QED) is 0.689. The Hall–Kier alpha value is -3.42. The molecular weight excluding hydrogens is 334 g/mol. The van der Waals surface area contributed by atoms with Crippen molar-refractivity contribution in [1.29, 1.82) is 0 Å². The van der Waals surface area contributed by atoms with Crippen molar-refractivity contribution in [1.82, 2.24) is 20.2 Å². The Bertz CT molecular complexity index is 874. The van der Waals surface area contributed by atoms with E-state index in [9.17, 15) is 0 Å². The number of benzene rings is 1. The molecule has 0 amide bonds. The minimum absolute atomic E-state index is 0.202. The molecule has 0 radical (unpaired) electrons. The molecule has 0 aliphatic carbocycles. The highest BCUT2D eigenvalue weighted by atomic mass is 16.5. The average molecular weight is 353 g/mol. The molecule has 3 aromatic rings. The van der Waals surface area contributed by atoms with Gasteiger partial charge in [0, 0.05) is 18.7 Å². The molecule has 0 aliphatic rings. The van der Waals surface area contributed by atoms with Gasteiger partial charge in [0.15, 0.2) is 11.6 Å². The first-order chi connectivity index (χ1) is 12.7. The molecule has 8 nitrogen and oxygen atoms in total. The van der Waals surface area contributed by atoms with Gasteiger partial charge >= 0.3 is 6.01 Å². The van der Waals surface area contributed by atoms with Crippen molar-refractivity contribution >= 4 is 5.82 Å². The zero-order valence-corrected chi connectivity index (χ0v) is 14.5. The molecule has 2 N–H and O–H groups in total. The van der Waals surface area contributed by atoms with Crippen LogP contribution in [0.25, 0.3) is 11.3 Å². The van der Waals surface area contributed by atoms with Crippen LogP contribution in [0.15, 0.2) is 42.6 Å². The summed E-state index contributed by atoms with van der Waals surface area (Å²) in [5.41, 5.74) is 8.12. The summed E-state index contributed by atoms with van der Waals surface area (Å²) >= 11 is 0. The van der Waals surface area contributed by atoms with Gasteiger partial charge in [0.1, 0.15) is 5.69 Å². The van der Waals surface area contributed by atoms with Gasteiger partial charge in [0.25, 0.3) is 0 Å². The number of hydrogen-bond acceptors (Lipinski definition) is 8. The minimum Gasteiger partial charge on any atom is -0.489 e. The SMILES string of the molecule is COc1ncc(-c2cc(OCCc3ccccc3)c(N)nn2)c(OC)n1. The van der Waals surface area contributed by atoms with Gasteiger partial charge in [0.05, 0.1) is 26.4 Å². The topological polar surface area (TPSA) is 105 Å². The molecule has 0 atom stereocenters. The lowest BCUT2D eigenvalue weighted by Crippen LogP contribution is -2.06. The summed E-state index contributed by atoms with van der Waals surface area (Å²) in [4.78, 5) is 8.23. The van der Waals surface area contributed by atoms with Crippen molar-refractivity contribution in [2.45, 2.75) is 6.42 Å². The molecule has 26 heavy (non-hydrogen) atoms. The maximum atomic E-state index is 5.88. The molecule has 0 saturated heterocycles. The second kappa shape index (κ2) is 8.11. The summed E-state index contributed by atoms with van der Waals surface area (Å²) in [6.45, 7) is 0.468. The molecular formula is C18H19N5O3. The van der Waals surface area contributed by atoms with Crippen LogP contribution < -0.4 is 19.9 Å². The number of methoxy groups -OCH3 is 2. The van der Waals surface area contributed by atoms with Crippen LogP contribution in [0.2, 0.25) is 0 Å². The molecule has 0 unspecified atom stereocenters. The maximum absolute atomic E-state index is 5.88. The van der Waals surface area contributed by atoms with E-state index in [1.165, 1.54) is 19.8 Å². The van der Waals surface area contributed by atoms with E-state index in [1.54, 1.807) is 12.3 Å². The number of aromatic nitrogens is 4. The second-order valence-electron chi connectivity index (χ2n) is 5.34. The van der Waals surface area contributed by atoms with Gasteiger partial charge in [-0.2, -0.15) is 4.98 Å². The predicted octanol–water partition coefficient (Wildman–Crippen LogP) is 2.15. The lowest BCUT2D eigenvalue weighted by atomic mass is 10.2. The van der Waals surface area contributed by atoms with Crippen molar-refractivity contribution in [3.05, 3.63) is 48.2 Å². The average Bonchev–Trinajstić information content (AvgIpc) is 2.69. The second-order valence-corrected chi connectivity index (χ2v) is 5.34. The van der Waals surface area contributed by atoms with Crippen molar-refractivity contribution in [3.63, 3.8) is 0 Å². The monoisotopic (exact) mass is 353 g/mol. The Labute approximate surface area is 151 Å². The van der Waals surface area contributed by atoms with Crippen molar-refractivity contribution in [3.8, 4) is 28.9 Å². The number of ether oxygens (including phenoxy) is 3. The number of hydrogen-bond donors (Lipinski definition) is 1. The Morgan fingerprint density at radius 2 is 1.85 bits per heavy atom. The Kier molecular flexibility index (Phi) is 5.43. The molecule has 0 aliphatic heterocycles. The first-order valence-corrected chi connectivity index (χ1v) is 7.96. The fourth-order valence-electron chi connectivity index (χ4n) is 2.34. The molecule has 134 valence electrons. The van der Waals surface area contributed by atoms with Gasteiger partial charge in [0.2, 0.25) is 5.88 Å². The number of anilines is 1. The van der Waals surface area contributed by atoms with Gasteiger partial charge in [-0.3, -0.25) is 0 Å². The molecule has 2 heterocycles. The summed E-state index contributed by atoms with van der Waals surface area (Å²) < 4.78 is 16.1. The zero-order valence-electron chi connectivity index (χ0n) is 14.5. The molecule has 0 fully saturated rings. The summed E-state index contributed by atoms with van der Waals surface area (Å²) in [5.74, 6) is 0.991. The third-order valence-electron chi connectivity index (χ3n) is 3.66. The van der Waals surface area contributed by atoms with Crippen LogP contribution in [-0.4, -0.2) is 41.0 Å². The van der Waals surface area contributed by atoms with Gasteiger partial charge in [-0.05, 0) is 5.56 Å². The van der Waals surface area contributed by atoms with E-state index >= 15 is 0 Å². The van der Waals surface area contributed by atoms with Crippen molar-refractivity contribution in [2.75, 3.05) is 26.6 Å². The Balaban J connectivity index is 1.79. The number of nitrogens with two attached hydrogens (primary N) is 1. The smallest absolute Gasteiger partial charge is 0.319 e. The summed E-state index contributed by atoms with van der Waals surface area (Å²) in [5, 5.41) is 8.04. The van der Waals surface area contributed by atoms with Gasteiger partial charge in [-0.1, -0.05) is 30.3 Å². The zero-order chi connectivity index (χ0) is 18.4. The third kappa shape index (κ3) is 3.97. The highest BCUT2D eigenvalue weighted by Gasteiger charge is 2.15. The van der Waals surface area contributed by atoms with Gasteiger partial charge in [-0.15, -0.1) is 10.2 Å². The summed E-state index contributed by atoms with van der Waals surface area (Å²) in [6, 6.07) is 11.9. The van der Waals surface area contributed by atoms with E-state index in [1.807, 2.05) is 30.3 Å². The van der Waals surface area contributed by atoms with Crippen LogP contribution in [0.1, 0.15) is 5.56 Å². The third-order valence-corrected chi connectivity index (χ3v) is 3.66. The fourth-order valence-corrected chi connectivity index (χ4v) is 2.34. The molecule has 3 rings (SSSR count). The number of nitrogens with zero attached hydrogens (tertiary/aromatic N) is 4. The molecule has 2 aromatic heterocycles. The lowest BCUT2D eigenvalue weighted by Gasteiger charge is -2.11. The van der Waals surface area contributed by atoms with E-state index in [0.29, 0.717) is 29.5 Å².